The quantitative estimate of drug-likeness (QED) is 0.223. The fourth-order valence-electron chi connectivity index (χ4n) is 2.87. The number of halogens is 5. The Morgan fingerprint density at radius 3 is 2.16 bits per heavy atom. The average Bonchev–Trinajstić information content (AvgIpc) is 2.76. The third kappa shape index (κ3) is 4.68. The number of carbonyl (C=O) groups is 1. The van der Waals surface area contributed by atoms with E-state index in [2.05, 4.69) is 4.98 Å². The van der Waals surface area contributed by atoms with Crippen LogP contribution in [0.1, 0.15) is 28.4 Å². The minimum absolute atomic E-state index is 0.0256. The zero-order chi connectivity index (χ0) is 23.6. The van der Waals surface area contributed by atoms with E-state index in [0.717, 1.165) is 6.20 Å². The number of nitrogens with zero attached hydrogens (tertiary/aromatic N) is 2. The van der Waals surface area contributed by atoms with Gasteiger partial charge in [0.25, 0.3) is 0 Å². The molecule has 168 valence electrons. The number of benzene rings is 2. The first-order chi connectivity index (χ1) is 15.0. The first-order valence-corrected chi connectivity index (χ1v) is 10.5. The van der Waals surface area contributed by atoms with E-state index in [4.69, 9.17) is 0 Å². The SMILES string of the molecule is CC(=O)c1ccc(CN(Cc2ccncc2F)S(=O)(=O)c2cc(F)c(F)c(F)c2F)cc1. The van der Waals surface area contributed by atoms with E-state index >= 15 is 0 Å². The molecule has 0 amide bonds. The molecule has 0 radical (unpaired) electrons. The largest absolute Gasteiger partial charge is 0.295 e. The molecule has 32 heavy (non-hydrogen) atoms. The van der Waals surface area contributed by atoms with Crippen LogP contribution in [0.15, 0.2) is 53.7 Å². The van der Waals surface area contributed by atoms with Gasteiger partial charge in [-0.2, -0.15) is 4.31 Å². The summed E-state index contributed by atoms with van der Waals surface area (Å²) in [5, 5.41) is 0. The van der Waals surface area contributed by atoms with Crippen LogP contribution in [-0.4, -0.2) is 23.5 Å². The van der Waals surface area contributed by atoms with E-state index in [1.54, 1.807) is 0 Å². The predicted octanol–water partition coefficient (Wildman–Crippen LogP) is 4.37. The maximum absolute atomic E-state index is 14.3. The summed E-state index contributed by atoms with van der Waals surface area (Å²) in [6.07, 6.45) is 2.03. The lowest BCUT2D eigenvalue weighted by Crippen LogP contribution is -2.31. The smallest absolute Gasteiger partial charge is 0.246 e. The zero-order valence-electron chi connectivity index (χ0n) is 16.5. The number of pyridine rings is 1. The molecule has 1 aromatic heterocycles. The van der Waals surface area contributed by atoms with Crippen LogP contribution in [0.3, 0.4) is 0 Å². The molecule has 0 spiro atoms. The number of hydrogen-bond donors (Lipinski definition) is 0. The minimum atomic E-state index is -4.98. The lowest BCUT2D eigenvalue weighted by molar-refractivity contribution is 0.101. The second kappa shape index (κ2) is 9.13. The van der Waals surface area contributed by atoms with Crippen molar-refractivity contribution in [2.75, 3.05) is 0 Å². The maximum atomic E-state index is 14.3. The summed E-state index contributed by atoms with van der Waals surface area (Å²) in [6.45, 7) is 0.214. The van der Waals surface area contributed by atoms with Crippen molar-refractivity contribution in [1.29, 1.82) is 0 Å². The molecule has 0 aliphatic heterocycles. The van der Waals surface area contributed by atoms with Crippen molar-refractivity contribution in [1.82, 2.24) is 9.29 Å². The molecule has 0 bridgehead atoms. The number of ketones is 1. The van der Waals surface area contributed by atoms with Crippen LogP contribution in [0.5, 0.6) is 0 Å². The molecule has 3 rings (SSSR count). The summed E-state index contributed by atoms with van der Waals surface area (Å²) < 4.78 is 95.9. The van der Waals surface area contributed by atoms with Crippen LogP contribution in [0.4, 0.5) is 22.0 Å². The highest BCUT2D eigenvalue weighted by Crippen LogP contribution is 2.28. The topological polar surface area (TPSA) is 67.3 Å². The van der Waals surface area contributed by atoms with E-state index in [-0.39, 0.29) is 17.4 Å². The summed E-state index contributed by atoms with van der Waals surface area (Å²) in [5.74, 6) is -9.55. The second-order valence-electron chi connectivity index (χ2n) is 6.79. The third-order valence-electron chi connectivity index (χ3n) is 4.61. The standard InChI is InChI=1S/C21H15F5N2O3S/c1-12(29)14-4-2-13(3-5-14)10-28(11-15-6-7-27-9-17(15)23)32(30,31)18-8-16(22)19(24)21(26)20(18)25/h2-9H,10-11H2,1H3. The highest BCUT2D eigenvalue weighted by Gasteiger charge is 2.33. The molecule has 5 nitrogen and oxygen atoms in total. The number of aromatic nitrogens is 1. The van der Waals surface area contributed by atoms with Gasteiger partial charge < -0.3 is 0 Å². The van der Waals surface area contributed by atoms with Crippen LogP contribution in [0.2, 0.25) is 0 Å². The van der Waals surface area contributed by atoms with E-state index in [9.17, 15) is 35.2 Å². The predicted molar refractivity (Wildman–Crippen MR) is 103 cm³/mol. The van der Waals surface area contributed by atoms with Crippen LogP contribution >= 0.6 is 0 Å². The molecule has 0 aliphatic carbocycles. The molecule has 3 aromatic rings. The normalized spacial score (nSPS) is 11.7. The van der Waals surface area contributed by atoms with Gasteiger partial charge in [0.05, 0.1) is 6.20 Å². The maximum Gasteiger partial charge on any atom is 0.246 e. The molecule has 0 aliphatic rings. The van der Waals surface area contributed by atoms with Gasteiger partial charge in [0, 0.05) is 36.5 Å². The van der Waals surface area contributed by atoms with Gasteiger partial charge >= 0.3 is 0 Å². The summed E-state index contributed by atoms with van der Waals surface area (Å²) in [6, 6.07) is 6.89. The lowest BCUT2D eigenvalue weighted by Gasteiger charge is -2.23. The molecule has 11 heteroatoms. The second-order valence-corrected chi connectivity index (χ2v) is 8.70. The monoisotopic (exact) mass is 470 g/mol. The number of Topliss-reactive ketones (excluding diaryl/α,β-unsaturated/α-hetero) is 1. The molecule has 0 saturated heterocycles. The van der Waals surface area contributed by atoms with E-state index in [1.807, 2.05) is 0 Å². The van der Waals surface area contributed by atoms with Crippen LogP contribution in [0.25, 0.3) is 0 Å². The highest BCUT2D eigenvalue weighted by molar-refractivity contribution is 7.89. The molecule has 0 unspecified atom stereocenters. The fourth-order valence-corrected chi connectivity index (χ4v) is 4.35. The Morgan fingerprint density at radius 1 is 0.906 bits per heavy atom. The lowest BCUT2D eigenvalue weighted by atomic mass is 10.1. The first kappa shape index (κ1) is 23.5. The van der Waals surface area contributed by atoms with Crippen molar-refractivity contribution in [2.45, 2.75) is 24.9 Å². The van der Waals surface area contributed by atoms with Gasteiger partial charge in [-0.25, -0.2) is 30.4 Å². The average molecular weight is 470 g/mol. The molecule has 0 N–H and O–H groups in total. The van der Waals surface area contributed by atoms with Gasteiger partial charge in [-0.05, 0) is 18.6 Å². The Balaban J connectivity index is 2.09. The van der Waals surface area contributed by atoms with E-state index in [0.29, 0.717) is 15.4 Å². The Bertz CT molecular complexity index is 1280. The van der Waals surface area contributed by atoms with E-state index < -0.39 is 57.1 Å². The summed E-state index contributed by atoms with van der Waals surface area (Å²) >= 11 is 0. The Kier molecular flexibility index (Phi) is 6.70. The zero-order valence-corrected chi connectivity index (χ0v) is 17.3. The van der Waals surface area contributed by atoms with E-state index in [1.165, 1.54) is 43.5 Å². The van der Waals surface area contributed by atoms with Gasteiger partial charge in [-0.3, -0.25) is 9.78 Å². The van der Waals surface area contributed by atoms with Gasteiger partial charge in [0.2, 0.25) is 10.0 Å². The molecule has 2 aromatic carbocycles. The Morgan fingerprint density at radius 2 is 1.56 bits per heavy atom. The number of hydrogen-bond acceptors (Lipinski definition) is 4. The Labute approximate surface area is 180 Å². The molecule has 0 fully saturated rings. The molecule has 1 heterocycles. The van der Waals surface area contributed by atoms with Crippen LogP contribution in [-0.2, 0) is 23.1 Å². The molecular formula is C21H15F5N2O3S. The van der Waals surface area contributed by atoms with Crippen molar-refractivity contribution < 1.29 is 35.2 Å². The number of rotatable bonds is 7. The fraction of sp³-hybridized carbons (Fsp3) is 0.143. The summed E-state index contributed by atoms with van der Waals surface area (Å²) in [4.78, 5) is 13.5. The third-order valence-corrected chi connectivity index (χ3v) is 6.40. The highest BCUT2D eigenvalue weighted by atomic mass is 32.2. The van der Waals surface area contributed by atoms with Crippen molar-refractivity contribution in [3.8, 4) is 0 Å². The van der Waals surface area contributed by atoms with Gasteiger partial charge in [-0.1, -0.05) is 24.3 Å². The summed E-state index contributed by atoms with van der Waals surface area (Å²) in [5.41, 5.74) is 0.515. The molecule has 0 atom stereocenters. The van der Waals surface area contributed by atoms with Crippen molar-refractivity contribution >= 4 is 15.8 Å². The first-order valence-electron chi connectivity index (χ1n) is 9.03. The van der Waals surface area contributed by atoms with Gasteiger partial charge in [0.1, 0.15) is 10.7 Å². The number of sulfonamides is 1. The molecular weight excluding hydrogens is 455 g/mol. The van der Waals surface area contributed by atoms with Gasteiger partial charge in [-0.15, -0.1) is 0 Å². The van der Waals surface area contributed by atoms with Gasteiger partial charge in [0.15, 0.2) is 29.1 Å². The summed E-state index contributed by atoms with van der Waals surface area (Å²) in [7, 11) is -4.98. The van der Waals surface area contributed by atoms with Crippen LogP contribution < -0.4 is 0 Å². The Hall–Kier alpha value is -3.18. The minimum Gasteiger partial charge on any atom is -0.295 e. The number of carbonyl (C=O) groups excluding carboxylic acids is 1. The van der Waals surface area contributed by atoms with Crippen molar-refractivity contribution in [3.63, 3.8) is 0 Å². The van der Waals surface area contributed by atoms with Crippen LogP contribution in [0, 0.1) is 29.1 Å². The van der Waals surface area contributed by atoms with Crippen molar-refractivity contribution in [3.05, 3.63) is 94.6 Å². The molecule has 0 saturated carbocycles. The van der Waals surface area contributed by atoms with Crippen molar-refractivity contribution in [2.24, 2.45) is 0 Å².